The van der Waals surface area contributed by atoms with E-state index in [1.807, 2.05) is 41.0 Å². The minimum Gasteiger partial charge on any atom is -0.384 e. The number of carbonyl (C=O) groups excluding carboxylic acids is 2. The van der Waals surface area contributed by atoms with Crippen LogP contribution in [0.4, 0.5) is 5.82 Å². The van der Waals surface area contributed by atoms with E-state index in [-0.39, 0.29) is 17.9 Å². The number of rotatable bonds is 7. The summed E-state index contributed by atoms with van der Waals surface area (Å²) < 4.78 is 5.08. The van der Waals surface area contributed by atoms with Crippen LogP contribution in [0.1, 0.15) is 72.1 Å². The number of hydrogen-bond donors (Lipinski definition) is 0. The molecule has 0 spiro atoms. The third kappa shape index (κ3) is 5.12. The number of carbonyl (C=O) groups is 2. The number of benzene rings is 1. The Bertz CT molecular complexity index is 1240. The second-order valence-electron chi connectivity index (χ2n) is 10.8. The lowest BCUT2D eigenvalue weighted by atomic mass is 9.92. The maximum absolute atomic E-state index is 12.8. The number of nitrogens with zero attached hydrogens (tertiary/aromatic N) is 5. The fourth-order valence-corrected chi connectivity index (χ4v) is 5.83. The van der Waals surface area contributed by atoms with Gasteiger partial charge in [0.15, 0.2) is 0 Å². The molecule has 38 heavy (non-hydrogen) atoms. The average molecular weight is 516 g/mol. The van der Waals surface area contributed by atoms with Crippen LogP contribution in [-0.4, -0.2) is 79.1 Å². The number of methoxy groups -OCH3 is 1. The molecule has 2 aromatic rings. The van der Waals surface area contributed by atoms with Gasteiger partial charge in [-0.2, -0.15) is 5.26 Å². The molecule has 3 heterocycles. The molecule has 1 aromatic carbocycles. The summed E-state index contributed by atoms with van der Waals surface area (Å²) in [6.07, 6.45) is 4.70. The minimum absolute atomic E-state index is 0.0199. The first-order valence-corrected chi connectivity index (χ1v) is 13.8. The number of piperazine rings is 1. The van der Waals surface area contributed by atoms with Gasteiger partial charge < -0.3 is 19.4 Å². The third-order valence-electron chi connectivity index (χ3n) is 8.11. The molecule has 1 saturated carbocycles. The van der Waals surface area contributed by atoms with E-state index in [2.05, 4.69) is 17.9 Å². The Morgan fingerprint density at radius 3 is 2.42 bits per heavy atom. The molecule has 2 amide bonds. The van der Waals surface area contributed by atoms with Gasteiger partial charge in [0.2, 0.25) is 5.91 Å². The Hall–Kier alpha value is -3.44. The fraction of sp³-hybridized carbons (Fsp3) is 0.533. The summed E-state index contributed by atoms with van der Waals surface area (Å²) in [5.74, 6) is 1.31. The molecule has 1 atom stereocenters. The maximum Gasteiger partial charge on any atom is 0.253 e. The van der Waals surface area contributed by atoms with Crippen molar-refractivity contribution in [1.29, 1.82) is 5.26 Å². The van der Waals surface area contributed by atoms with Gasteiger partial charge in [0.1, 0.15) is 11.9 Å². The monoisotopic (exact) mass is 515 g/mol. The summed E-state index contributed by atoms with van der Waals surface area (Å²) in [6.45, 7) is 8.02. The predicted molar refractivity (Wildman–Crippen MR) is 146 cm³/mol. The van der Waals surface area contributed by atoms with Crippen LogP contribution < -0.4 is 4.90 Å². The van der Waals surface area contributed by atoms with E-state index in [0.29, 0.717) is 49.7 Å². The number of anilines is 1. The van der Waals surface area contributed by atoms with Gasteiger partial charge in [-0.15, -0.1) is 0 Å². The number of pyridine rings is 1. The lowest BCUT2D eigenvalue weighted by molar-refractivity contribution is -0.134. The van der Waals surface area contributed by atoms with Crippen LogP contribution in [0.5, 0.6) is 0 Å². The Kier molecular flexibility index (Phi) is 7.66. The Morgan fingerprint density at radius 2 is 1.82 bits per heavy atom. The molecule has 2 aliphatic heterocycles. The van der Waals surface area contributed by atoms with E-state index in [1.54, 1.807) is 7.11 Å². The van der Waals surface area contributed by atoms with Gasteiger partial charge in [-0.25, -0.2) is 4.98 Å². The van der Waals surface area contributed by atoms with E-state index in [4.69, 9.17) is 9.72 Å². The Balaban J connectivity index is 1.44. The summed E-state index contributed by atoms with van der Waals surface area (Å²) in [5, 5.41) is 10.2. The highest BCUT2D eigenvalue weighted by Crippen LogP contribution is 2.46. The maximum atomic E-state index is 12.8. The first-order valence-electron chi connectivity index (χ1n) is 13.8. The fourth-order valence-electron chi connectivity index (χ4n) is 5.83. The minimum atomic E-state index is 0.0199. The first-order chi connectivity index (χ1) is 18.4. The molecule has 8 nitrogen and oxygen atoms in total. The summed E-state index contributed by atoms with van der Waals surface area (Å²) >= 11 is 0. The van der Waals surface area contributed by atoms with Crippen molar-refractivity contribution in [1.82, 2.24) is 14.8 Å². The number of ether oxygens (including phenoxy) is 1. The second-order valence-corrected chi connectivity index (χ2v) is 10.8. The predicted octanol–water partition coefficient (Wildman–Crippen LogP) is 4.12. The smallest absolute Gasteiger partial charge is 0.253 e. The molecule has 8 heteroatoms. The van der Waals surface area contributed by atoms with Gasteiger partial charge in [0, 0.05) is 62.9 Å². The van der Waals surface area contributed by atoms with Crippen molar-refractivity contribution in [3.63, 3.8) is 0 Å². The quantitative estimate of drug-likeness (QED) is 0.551. The lowest BCUT2D eigenvalue weighted by Crippen LogP contribution is -2.54. The summed E-state index contributed by atoms with van der Waals surface area (Å²) in [7, 11) is 1.61. The molecule has 3 fully saturated rings. The van der Waals surface area contributed by atoms with E-state index in [0.717, 1.165) is 67.0 Å². The SMILES string of the molecule is COCCC(=O)N1CCN(c2nc(C3CC3)c(-c3ccc(C(=O)N4CCCC4)cc3)c(C)c2C#N)C[C@H]1C. The molecule has 3 aliphatic rings. The van der Waals surface area contributed by atoms with E-state index < -0.39 is 0 Å². The van der Waals surface area contributed by atoms with Crippen LogP contribution in [-0.2, 0) is 9.53 Å². The molecule has 1 aromatic heterocycles. The van der Waals surface area contributed by atoms with Crippen molar-refractivity contribution in [2.45, 2.75) is 57.9 Å². The average Bonchev–Trinajstić information content (AvgIpc) is 3.63. The number of nitriles is 1. The van der Waals surface area contributed by atoms with Gasteiger partial charge in [-0.05, 0) is 62.8 Å². The van der Waals surface area contributed by atoms with Gasteiger partial charge in [-0.1, -0.05) is 12.1 Å². The first kappa shape index (κ1) is 26.2. The molecule has 0 N–H and O–H groups in total. The number of amides is 2. The number of aromatic nitrogens is 1. The van der Waals surface area contributed by atoms with Crippen LogP contribution in [0.3, 0.4) is 0 Å². The molecule has 0 radical (unpaired) electrons. The second kappa shape index (κ2) is 11.1. The topological polar surface area (TPSA) is 89.8 Å². The van der Waals surface area contributed by atoms with Crippen LogP contribution >= 0.6 is 0 Å². The van der Waals surface area contributed by atoms with Crippen molar-refractivity contribution in [3.05, 3.63) is 46.6 Å². The number of likely N-dealkylation sites (tertiary alicyclic amines) is 1. The molecule has 5 rings (SSSR count). The van der Waals surface area contributed by atoms with Gasteiger partial charge in [-0.3, -0.25) is 9.59 Å². The van der Waals surface area contributed by atoms with Gasteiger partial charge in [0.25, 0.3) is 5.91 Å². The number of hydrogen-bond acceptors (Lipinski definition) is 6. The zero-order valence-corrected chi connectivity index (χ0v) is 22.7. The molecule has 0 bridgehead atoms. The van der Waals surface area contributed by atoms with Crippen molar-refractivity contribution in [2.75, 3.05) is 51.3 Å². The Labute approximate surface area is 225 Å². The molecule has 1 aliphatic carbocycles. The molecule has 0 unspecified atom stereocenters. The summed E-state index contributed by atoms with van der Waals surface area (Å²) in [4.78, 5) is 36.6. The Morgan fingerprint density at radius 1 is 1.11 bits per heavy atom. The standard InChI is InChI=1S/C30H37N5O3/c1-20-19-34(15-16-35(20)26(36)12-17-38-3)29-25(18-31)21(2)27(28(32-29)23-8-9-23)22-6-10-24(11-7-22)30(37)33-13-4-5-14-33/h6-7,10-11,20,23H,4-5,8-9,12-17,19H2,1-3H3/t20-/m1/s1. The largest absolute Gasteiger partial charge is 0.384 e. The normalized spacial score (nSPS) is 19.5. The molecule has 2 saturated heterocycles. The van der Waals surface area contributed by atoms with Crippen molar-refractivity contribution in [2.24, 2.45) is 0 Å². The lowest BCUT2D eigenvalue weighted by Gasteiger charge is -2.41. The van der Waals surface area contributed by atoms with Crippen LogP contribution in [0.2, 0.25) is 0 Å². The third-order valence-corrected chi connectivity index (χ3v) is 8.11. The van der Waals surface area contributed by atoms with Crippen LogP contribution in [0.15, 0.2) is 24.3 Å². The highest BCUT2D eigenvalue weighted by molar-refractivity contribution is 5.95. The molecular formula is C30H37N5O3. The van der Waals surface area contributed by atoms with Gasteiger partial charge >= 0.3 is 0 Å². The zero-order valence-electron chi connectivity index (χ0n) is 22.7. The van der Waals surface area contributed by atoms with E-state index >= 15 is 0 Å². The van der Waals surface area contributed by atoms with Crippen molar-refractivity contribution >= 4 is 17.6 Å². The van der Waals surface area contributed by atoms with Crippen molar-refractivity contribution in [3.8, 4) is 17.2 Å². The van der Waals surface area contributed by atoms with Crippen LogP contribution in [0, 0.1) is 18.3 Å². The molecular weight excluding hydrogens is 478 g/mol. The van der Waals surface area contributed by atoms with E-state index in [9.17, 15) is 14.9 Å². The summed E-state index contributed by atoms with van der Waals surface area (Å²) in [6, 6.07) is 10.3. The zero-order chi connectivity index (χ0) is 26.8. The molecule has 200 valence electrons. The van der Waals surface area contributed by atoms with Crippen molar-refractivity contribution < 1.29 is 14.3 Å². The van der Waals surface area contributed by atoms with Crippen LogP contribution in [0.25, 0.3) is 11.1 Å². The van der Waals surface area contributed by atoms with E-state index in [1.165, 1.54) is 0 Å². The highest BCUT2D eigenvalue weighted by atomic mass is 16.5. The van der Waals surface area contributed by atoms with Gasteiger partial charge in [0.05, 0.1) is 24.3 Å². The summed E-state index contributed by atoms with van der Waals surface area (Å²) in [5.41, 5.74) is 5.30. The highest BCUT2D eigenvalue weighted by Gasteiger charge is 2.34.